The zero-order valence-corrected chi connectivity index (χ0v) is 27.2. The average molecular weight is 629 g/mol. The Morgan fingerprint density at radius 3 is 2.44 bits per heavy atom. The van der Waals surface area contributed by atoms with Crippen LogP contribution < -0.4 is 0 Å². The van der Waals surface area contributed by atoms with E-state index < -0.39 is 28.7 Å². The number of fused-ring (bicyclic) bond motifs is 6. The van der Waals surface area contributed by atoms with E-state index in [1.807, 2.05) is 6.92 Å². The van der Waals surface area contributed by atoms with Crippen molar-refractivity contribution in [2.75, 3.05) is 6.61 Å². The number of carbonyl (C=O) groups is 2. The van der Waals surface area contributed by atoms with Gasteiger partial charge in [0.1, 0.15) is 19.0 Å². The third-order valence-electron chi connectivity index (χ3n) is 14.5. The maximum Gasteiger partial charge on any atom is 0.331 e. The summed E-state index contributed by atoms with van der Waals surface area (Å²) >= 11 is 0. The van der Waals surface area contributed by atoms with Gasteiger partial charge >= 0.3 is 5.97 Å². The summed E-state index contributed by atoms with van der Waals surface area (Å²) in [5.41, 5.74) is -2.43. The molecule has 4 unspecified atom stereocenters. The number of cyclic esters (lactones) is 1. The van der Waals surface area contributed by atoms with Crippen LogP contribution in [-0.4, -0.2) is 76.8 Å². The smallest absolute Gasteiger partial charge is 0.331 e. The molecule has 7 fully saturated rings. The minimum Gasteiger partial charge on any atom is -0.458 e. The molecule has 2 N–H and O–H groups in total. The Labute approximate surface area is 266 Å². The van der Waals surface area contributed by atoms with Gasteiger partial charge in [0.25, 0.3) is 0 Å². The molecular formula is C36H52O9. The average Bonchev–Trinajstić information content (AvgIpc) is 3.67. The topological polar surface area (TPSA) is 121 Å². The molecule has 250 valence electrons. The molecule has 3 heterocycles. The molecule has 0 amide bonds. The van der Waals surface area contributed by atoms with Gasteiger partial charge in [-0.05, 0) is 100 Å². The molecule has 12 atom stereocenters. The summed E-state index contributed by atoms with van der Waals surface area (Å²) in [6.07, 6.45) is 12.1. The first kappa shape index (κ1) is 30.9. The Bertz CT molecular complexity index is 1240. The van der Waals surface area contributed by atoms with E-state index in [0.29, 0.717) is 57.5 Å². The highest BCUT2D eigenvalue weighted by Gasteiger charge is 2.71. The Kier molecular flexibility index (Phi) is 7.27. The standard InChI is InChI=1S/C36H52O9/c1-21-4-13-35(14-5-21)44-28-17-30(42-22(2)31(28)45-35)43-24-6-11-33(20-37)26-7-10-32(3)25(23-16-29(38)41-19-23)9-15-36(32,40)27(26)8-12-34(33,39)18-24/h16,20-22,24-28,30-31,39-40H,4-15,17-19H2,1-3H3/t21?,22?,24-,25-,26?,27?,28?,30+,31-,32-,33+,34+,35?,36+/m1/s1. The number of carbonyl (C=O) groups excluding carboxylic acids is 2. The minimum absolute atomic E-state index is 0.0689. The molecule has 5 aliphatic carbocycles. The summed E-state index contributed by atoms with van der Waals surface area (Å²) < 4.78 is 31.3. The van der Waals surface area contributed by atoms with Gasteiger partial charge in [-0.15, -0.1) is 0 Å². The van der Waals surface area contributed by atoms with E-state index in [9.17, 15) is 19.8 Å². The largest absolute Gasteiger partial charge is 0.458 e. The predicted molar refractivity (Wildman–Crippen MR) is 162 cm³/mol. The summed E-state index contributed by atoms with van der Waals surface area (Å²) in [6, 6.07) is 0. The molecule has 3 aliphatic heterocycles. The van der Waals surface area contributed by atoms with Crippen molar-refractivity contribution in [1.29, 1.82) is 0 Å². The normalized spacial score (nSPS) is 55.7. The van der Waals surface area contributed by atoms with Crippen LogP contribution in [0.15, 0.2) is 11.6 Å². The zero-order valence-electron chi connectivity index (χ0n) is 27.2. The van der Waals surface area contributed by atoms with E-state index in [-0.39, 0.29) is 53.6 Å². The van der Waals surface area contributed by atoms with Gasteiger partial charge in [0.2, 0.25) is 0 Å². The van der Waals surface area contributed by atoms with Crippen molar-refractivity contribution in [2.24, 2.45) is 34.5 Å². The molecule has 0 aromatic carbocycles. The first-order valence-electron chi connectivity index (χ1n) is 17.9. The molecule has 1 spiro atoms. The summed E-state index contributed by atoms with van der Waals surface area (Å²) in [5.74, 6) is -0.151. The second-order valence-electron chi connectivity index (χ2n) is 16.6. The first-order valence-corrected chi connectivity index (χ1v) is 17.9. The lowest BCUT2D eigenvalue weighted by atomic mass is 9.41. The van der Waals surface area contributed by atoms with Gasteiger partial charge < -0.3 is 38.7 Å². The second kappa shape index (κ2) is 10.6. The molecule has 9 heteroatoms. The highest BCUT2D eigenvalue weighted by molar-refractivity contribution is 5.85. The Balaban J connectivity index is 0.961. The van der Waals surface area contributed by atoms with Crippen LogP contribution >= 0.6 is 0 Å². The first-order chi connectivity index (χ1) is 21.4. The molecule has 0 radical (unpaired) electrons. The number of hydrogen-bond acceptors (Lipinski definition) is 9. The fourth-order valence-electron chi connectivity index (χ4n) is 12.0. The molecule has 45 heavy (non-hydrogen) atoms. The SMILES string of the molecule is CC1CCC2(CC1)OC1C[C@H](O[C@@H]3CC[C@]4(C=O)C5CC[C@]6(C)[C@@H](C7=CC(=O)OC7)CC[C@]6(O)C5CC[C@]4(O)C3)OC(C)[C@H]1O2. The van der Waals surface area contributed by atoms with Gasteiger partial charge in [-0.25, -0.2) is 4.79 Å². The highest BCUT2D eigenvalue weighted by atomic mass is 16.8. The van der Waals surface area contributed by atoms with Crippen molar-refractivity contribution >= 4 is 12.3 Å². The fraction of sp³-hybridized carbons (Fsp3) is 0.889. The Morgan fingerprint density at radius 1 is 0.933 bits per heavy atom. The third-order valence-corrected chi connectivity index (χ3v) is 14.5. The molecule has 5 saturated carbocycles. The van der Waals surface area contributed by atoms with Crippen molar-refractivity contribution in [3.8, 4) is 0 Å². The lowest BCUT2D eigenvalue weighted by Gasteiger charge is -2.65. The number of rotatable bonds is 4. The molecule has 9 nitrogen and oxygen atoms in total. The predicted octanol–water partition coefficient (Wildman–Crippen LogP) is 4.75. The number of ether oxygens (including phenoxy) is 5. The van der Waals surface area contributed by atoms with Gasteiger partial charge in [0, 0.05) is 37.2 Å². The summed E-state index contributed by atoms with van der Waals surface area (Å²) in [7, 11) is 0. The van der Waals surface area contributed by atoms with Gasteiger partial charge in [-0.2, -0.15) is 0 Å². The van der Waals surface area contributed by atoms with E-state index in [2.05, 4.69) is 13.8 Å². The van der Waals surface area contributed by atoms with Gasteiger partial charge in [0.05, 0.1) is 34.9 Å². The third kappa shape index (κ3) is 4.46. The van der Waals surface area contributed by atoms with Crippen LogP contribution in [-0.2, 0) is 33.3 Å². The van der Waals surface area contributed by atoms with Gasteiger partial charge in [-0.3, -0.25) is 0 Å². The van der Waals surface area contributed by atoms with E-state index in [1.165, 1.54) is 0 Å². The molecule has 8 aliphatic rings. The molecular weight excluding hydrogens is 576 g/mol. The van der Waals surface area contributed by atoms with Crippen molar-refractivity contribution in [3.05, 3.63) is 11.6 Å². The lowest BCUT2D eigenvalue weighted by Crippen LogP contribution is -2.69. The van der Waals surface area contributed by atoms with E-state index in [0.717, 1.165) is 56.8 Å². The van der Waals surface area contributed by atoms with Crippen molar-refractivity contribution in [3.63, 3.8) is 0 Å². The lowest BCUT2D eigenvalue weighted by molar-refractivity contribution is -0.278. The van der Waals surface area contributed by atoms with E-state index >= 15 is 0 Å². The van der Waals surface area contributed by atoms with E-state index in [4.69, 9.17) is 23.7 Å². The van der Waals surface area contributed by atoms with Gasteiger partial charge in [0.15, 0.2) is 12.1 Å². The van der Waals surface area contributed by atoms with Crippen molar-refractivity contribution in [2.45, 2.75) is 158 Å². The number of hydrogen-bond donors (Lipinski definition) is 2. The van der Waals surface area contributed by atoms with Crippen molar-refractivity contribution < 1.29 is 43.5 Å². The molecule has 0 aromatic rings. The zero-order chi connectivity index (χ0) is 31.4. The van der Waals surface area contributed by atoms with Crippen LogP contribution in [0.3, 0.4) is 0 Å². The highest BCUT2D eigenvalue weighted by Crippen LogP contribution is 2.70. The number of esters is 1. The van der Waals surface area contributed by atoms with Crippen LogP contribution in [0.2, 0.25) is 0 Å². The van der Waals surface area contributed by atoms with Gasteiger partial charge in [-0.1, -0.05) is 13.8 Å². The number of aldehydes is 1. The summed E-state index contributed by atoms with van der Waals surface area (Å²) in [6.45, 7) is 6.82. The minimum atomic E-state index is -1.19. The van der Waals surface area contributed by atoms with E-state index in [1.54, 1.807) is 6.08 Å². The number of aliphatic hydroxyl groups is 2. The Morgan fingerprint density at radius 2 is 1.71 bits per heavy atom. The maximum absolute atomic E-state index is 13.2. The molecule has 8 rings (SSSR count). The molecule has 2 saturated heterocycles. The second-order valence-corrected chi connectivity index (χ2v) is 16.6. The van der Waals surface area contributed by atoms with Crippen LogP contribution in [0.1, 0.15) is 111 Å². The molecule has 0 bridgehead atoms. The van der Waals surface area contributed by atoms with Crippen LogP contribution in [0.25, 0.3) is 0 Å². The van der Waals surface area contributed by atoms with Crippen molar-refractivity contribution in [1.82, 2.24) is 0 Å². The summed E-state index contributed by atoms with van der Waals surface area (Å²) in [4.78, 5) is 25.1. The van der Waals surface area contributed by atoms with Crippen LogP contribution in [0.4, 0.5) is 0 Å². The fourth-order valence-corrected chi connectivity index (χ4v) is 12.0. The summed E-state index contributed by atoms with van der Waals surface area (Å²) in [5, 5.41) is 24.9. The monoisotopic (exact) mass is 628 g/mol. The molecule has 0 aromatic heterocycles. The maximum atomic E-state index is 13.2. The van der Waals surface area contributed by atoms with Crippen LogP contribution in [0.5, 0.6) is 0 Å². The quantitative estimate of drug-likeness (QED) is 0.258. The Hall–Kier alpha value is -1.36. The van der Waals surface area contributed by atoms with Crippen LogP contribution in [0, 0.1) is 34.5 Å².